The summed E-state index contributed by atoms with van der Waals surface area (Å²) in [5.41, 5.74) is 2.31. The highest BCUT2D eigenvalue weighted by atomic mass is 16.1. The molecular weight excluding hydrogens is 174 g/mol. The van der Waals surface area contributed by atoms with E-state index in [-0.39, 0.29) is 5.56 Å². The van der Waals surface area contributed by atoms with Crippen molar-refractivity contribution < 1.29 is 0 Å². The van der Waals surface area contributed by atoms with Gasteiger partial charge in [0.05, 0.1) is 0 Å². The summed E-state index contributed by atoms with van der Waals surface area (Å²) in [4.78, 5) is 11.9. The van der Waals surface area contributed by atoms with Gasteiger partial charge in [-0.2, -0.15) is 0 Å². The van der Waals surface area contributed by atoms with Gasteiger partial charge in [-0.3, -0.25) is 4.79 Å². The summed E-state index contributed by atoms with van der Waals surface area (Å²) in [6.45, 7) is 4.03. The summed E-state index contributed by atoms with van der Waals surface area (Å²) in [7, 11) is 1.82. The first-order valence-corrected chi connectivity index (χ1v) is 4.68. The molecule has 0 saturated carbocycles. The van der Waals surface area contributed by atoms with Crippen LogP contribution in [0.1, 0.15) is 11.3 Å². The lowest BCUT2D eigenvalue weighted by Gasteiger charge is -2.10. The van der Waals surface area contributed by atoms with E-state index < -0.39 is 0 Å². The van der Waals surface area contributed by atoms with Gasteiger partial charge in [-0.05, 0) is 30.9 Å². The van der Waals surface area contributed by atoms with Crippen molar-refractivity contribution in [1.82, 2.24) is 4.57 Å². The lowest BCUT2D eigenvalue weighted by atomic mass is 10.1. The van der Waals surface area contributed by atoms with Crippen molar-refractivity contribution in [2.24, 2.45) is 7.05 Å². The molecule has 0 bridgehead atoms. The maximum Gasteiger partial charge on any atom is 0.258 e. The number of pyridine rings is 1. The molecule has 2 aromatic rings. The highest BCUT2D eigenvalue weighted by molar-refractivity contribution is 5.85. The summed E-state index contributed by atoms with van der Waals surface area (Å²) in [5, 5.41) is 1.87. The number of aryl methyl sites for hydroxylation is 1. The Morgan fingerprint density at radius 2 is 1.64 bits per heavy atom. The second-order valence-electron chi connectivity index (χ2n) is 3.62. The molecule has 2 nitrogen and oxygen atoms in total. The topological polar surface area (TPSA) is 22.0 Å². The molecular formula is C12H13NO. The van der Waals surface area contributed by atoms with E-state index in [1.54, 1.807) is 4.57 Å². The fourth-order valence-corrected chi connectivity index (χ4v) is 1.78. The number of hydrogen-bond acceptors (Lipinski definition) is 1. The van der Waals surface area contributed by atoms with E-state index in [9.17, 15) is 4.79 Å². The van der Waals surface area contributed by atoms with Gasteiger partial charge in [0, 0.05) is 18.1 Å². The number of benzene rings is 1. The largest absolute Gasteiger partial charge is 0.315 e. The zero-order valence-electron chi connectivity index (χ0n) is 8.66. The third kappa shape index (κ3) is 1.07. The average molecular weight is 187 g/mol. The molecule has 1 aromatic heterocycles. The van der Waals surface area contributed by atoms with E-state index in [0.29, 0.717) is 0 Å². The Morgan fingerprint density at radius 1 is 1.07 bits per heavy atom. The van der Waals surface area contributed by atoms with Crippen LogP contribution >= 0.6 is 0 Å². The number of hydrogen-bond donors (Lipinski definition) is 0. The second kappa shape index (κ2) is 2.98. The molecule has 0 unspecified atom stereocenters. The minimum absolute atomic E-state index is 0.0868. The van der Waals surface area contributed by atoms with E-state index in [4.69, 9.17) is 0 Å². The van der Waals surface area contributed by atoms with Gasteiger partial charge in [0.25, 0.3) is 5.56 Å². The van der Waals surface area contributed by atoms with E-state index in [0.717, 1.165) is 16.5 Å². The van der Waals surface area contributed by atoms with Crippen LogP contribution in [0, 0.1) is 13.8 Å². The van der Waals surface area contributed by atoms with Crippen LogP contribution in [0.2, 0.25) is 0 Å². The zero-order chi connectivity index (χ0) is 10.3. The Morgan fingerprint density at radius 3 is 2.29 bits per heavy atom. The monoisotopic (exact) mass is 187 g/mol. The van der Waals surface area contributed by atoms with Gasteiger partial charge in [-0.15, -0.1) is 0 Å². The smallest absolute Gasteiger partial charge is 0.258 e. The Hall–Kier alpha value is -1.57. The van der Waals surface area contributed by atoms with Crippen LogP contribution in [0.5, 0.6) is 0 Å². The molecule has 14 heavy (non-hydrogen) atoms. The lowest BCUT2D eigenvalue weighted by Crippen LogP contribution is -2.20. The molecule has 0 radical (unpaired) electrons. The Bertz CT molecular complexity index is 552. The van der Waals surface area contributed by atoms with Gasteiger partial charge in [0.15, 0.2) is 0 Å². The third-order valence-electron chi connectivity index (χ3n) is 2.91. The molecule has 1 aromatic carbocycles. The highest BCUT2D eigenvalue weighted by Crippen LogP contribution is 2.16. The van der Waals surface area contributed by atoms with Crippen LogP contribution in [0.4, 0.5) is 0 Å². The standard InChI is InChI=1S/C12H13NO/c1-8-9(2)13(3)12(14)11-7-5-4-6-10(8)11/h4-7H,1-3H3. The first-order valence-electron chi connectivity index (χ1n) is 4.68. The van der Waals surface area contributed by atoms with Crippen LogP contribution in [-0.2, 0) is 7.05 Å². The van der Waals surface area contributed by atoms with Crippen LogP contribution in [0.15, 0.2) is 29.1 Å². The minimum Gasteiger partial charge on any atom is -0.315 e. The quantitative estimate of drug-likeness (QED) is 0.619. The van der Waals surface area contributed by atoms with Crippen molar-refractivity contribution in [3.8, 4) is 0 Å². The van der Waals surface area contributed by atoms with Crippen molar-refractivity contribution >= 4 is 10.8 Å². The van der Waals surface area contributed by atoms with Crippen molar-refractivity contribution in [1.29, 1.82) is 0 Å². The SMILES string of the molecule is Cc1c(C)n(C)c(=O)c2ccccc12. The van der Waals surface area contributed by atoms with Gasteiger partial charge >= 0.3 is 0 Å². The predicted octanol–water partition coefficient (Wildman–Crippen LogP) is 2.16. The number of nitrogens with zero attached hydrogens (tertiary/aromatic N) is 1. The molecule has 72 valence electrons. The molecule has 2 heteroatoms. The molecule has 0 spiro atoms. The number of aromatic nitrogens is 1. The molecule has 0 aliphatic rings. The molecule has 0 saturated heterocycles. The molecule has 0 N–H and O–H groups in total. The van der Waals surface area contributed by atoms with Gasteiger partial charge in [0.1, 0.15) is 0 Å². The maximum atomic E-state index is 11.9. The summed E-state index contributed by atoms with van der Waals surface area (Å²) in [6.07, 6.45) is 0. The van der Waals surface area contributed by atoms with Crippen LogP contribution < -0.4 is 5.56 Å². The second-order valence-corrected chi connectivity index (χ2v) is 3.62. The first kappa shape index (κ1) is 9.00. The fraction of sp³-hybridized carbons (Fsp3) is 0.250. The summed E-state index contributed by atoms with van der Waals surface area (Å²) >= 11 is 0. The Labute approximate surface area is 82.8 Å². The van der Waals surface area contributed by atoms with Gasteiger partial charge in [0.2, 0.25) is 0 Å². The molecule has 0 aliphatic heterocycles. The van der Waals surface area contributed by atoms with Gasteiger partial charge in [-0.25, -0.2) is 0 Å². The fourth-order valence-electron chi connectivity index (χ4n) is 1.78. The van der Waals surface area contributed by atoms with Crippen LogP contribution in [-0.4, -0.2) is 4.57 Å². The summed E-state index contributed by atoms with van der Waals surface area (Å²) in [5.74, 6) is 0. The summed E-state index contributed by atoms with van der Waals surface area (Å²) < 4.78 is 1.71. The van der Waals surface area contributed by atoms with E-state index >= 15 is 0 Å². The van der Waals surface area contributed by atoms with Crippen molar-refractivity contribution in [2.75, 3.05) is 0 Å². The molecule has 1 heterocycles. The molecule has 0 aliphatic carbocycles. The normalized spacial score (nSPS) is 10.8. The lowest BCUT2D eigenvalue weighted by molar-refractivity contribution is 0.821. The van der Waals surface area contributed by atoms with Gasteiger partial charge < -0.3 is 4.57 Å². The average Bonchev–Trinajstić information content (AvgIpc) is 2.23. The highest BCUT2D eigenvalue weighted by Gasteiger charge is 2.06. The summed E-state index contributed by atoms with van der Waals surface area (Å²) in [6, 6.07) is 7.75. The third-order valence-corrected chi connectivity index (χ3v) is 2.91. The van der Waals surface area contributed by atoms with Gasteiger partial charge in [-0.1, -0.05) is 18.2 Å². The molecule has 2 rings (SSSR count). The maximum absolute atomic E-state index is 11.9. The first-order chi connectivity index (χ1) is 6.63. The van der Waals surface area contributed by atoms with E-state index in [2.05, 4.69) is 6.92 Å². The van der Waals surface area contributed by atoms with Crippen LogP contribution in [0.25, 0.3) is 10.8 Å². The zero-order valence-corrected chi connectivity index (χ0v) is 8.66. The molecule has 0 atom stereocenters. The Balaban J connectivity index is 3.10. The van der Waals surface area contributed by atoms with E-state index in [1.165, 1.54) is 5.56 Å². The minimum atomic E-state index is 0.0868. The predicted molar refractivity (Wildman–Crippen MR) is 58.7 cm³/mol. The van der Waals surface area contributed by atoms with Crippen molar-refractivity contribution in [3.05, 3.63) is 45.9 Å². The van der Waals surface area contributed by atoms with Crippen molar-refractivity contribution in [3.63, 3.8) is 0 Å². The molecule has 0 fully saturated rings. The molecule has 0 amide bonds. The number of fused-ring (bicyclic) bond motifs is 1. The van der Waals surface area contributed by atoms with E-state index in [1.807, 2.05) is 38.2 Å². The Kier molecular flexibility index (Phi) is 1.92. The number of rotatable bonds is 0. The van der Waals surface area contributed by atoms with Crippen LogP contribution in [0.3, 0.4) is 0 Å². The van der Waals surface area contributed by atoms with Crippen molar-refractivity contribution in [2.45, 2.75) is 13.8 Å².